The lowest BCUT2D eigenvalue weighted by molar-refractivity contribution is 0.0555. The van der Waals surface area contributed by atoms with Gasteiger partial charge >= 0.3 is 0 Å². The average Bonchev–Trinajstić information content (AvgIpc) is 3.37. The Morgan fingerprint density at radius 1 is 1.15 bits per heavy atom. The van der Waals surface area contributed by atoms with Crippen LogP contribution >= 0.6 is 11.3 Å². The Morgan fingerprint density at radius 3 is 2.56 bits per heavy atom. The van der Waals surface area contributed by atoms with Crippen molar-refractivity contribution in [1.82, 2.24) is 19.9 Å². The van der Waals surface area contributed by atoms with Crippen LogP contribution in [-0.4, -0.2) is 52.0 Å². The number of benzene rings is 1. The molecule has 1 aliphatic heterocycles. The molecule has 1 amide bonds. The highest BCUT2D eigenvalue weighted by atomic mass is 32.1. The highest BCUT2D eigenvalue weighted by molar-refractivity contribution is 7.12. The number of thiophene rings is 1. The number of hydrogen-bond donors (Lipinski definition) is 0. The van der Waals surface area contributed by atoms with Crippen LogP contribution in [0.4, 0.5) is 0 Å². The summed E-state index contributed by atoms with van der Waals surface area (Å²) >= 11 is 1.52. The quantitative estimate of drug-likeness (QED) is 0.690. The second kappa shape index (κ2) is 7.62. The second-order valence-corrected chi connectivity index (χ2v) is 7.68. The van der Waals surface area contributed by atoms with E-state index in [0.29, 0.717) is 24.8 Å². The van der Waals surface area contributed by atoms with Crippen molar-refractivity contribution in [2.45, 2.75) is 19.9 Å². The van der Waals surface area contributed by atoms with Crippen molar-refractivity contribution in [2.75, 3.05) is 26.2 Å². The van der Waals surface area contributed by atoms with Crippen molar-refractivity contribution in [1.29, 1.82) is 0 Å². The Kier molecular flexibility index (Phi) is 5.05. The maximum Gasteiger partial charge on any atom is 0.264 e. The second-order valence-electron chi connectivity index (χ2n) is 6.76. The molecule has 0 spiro atoms. The van der Waals surface area contributed by atoms with Crippen LogP contribution in [-0.2, 0) is 0 Å². The number of rotatable bonds is 4. The summed E-state index contributed by atoms with van der Waals surface area (Å²) < 4.78 is 5.50. The molecule has 1 atom stereocenters. The number of piperazine rings is 1. The minimum absolute atomic E-state index is 0.0238. The maximum atomic E-state index is 12.7. The number of carbonyl (C=O) groups excluding carboxylic acids is 1. The Balaban J connectivity index is 1.39. The van der Waals surface area contributed by atoms with Gasteiger partial charge in [0.15, 0.2) is 0 Å². The third kappa shape index (κ3) is 3.65. The third-order valence-electron chi connectivity index (χ3n) is 5.04. The monoisotopic (exact) mass is 382 g/mol. The summed E-state index contributed by atoms with van der Waals surface area (Å²) in [5.74, 6) is 1.36. The Morgan fingerprint density at radius 2 is 1.89 bits per heavy atom. The molecular weight excluding hydrogens is 360 g/mol. The Labute approximate surface area is 162 Å². The summed E-state index contributed by atoms with van der Waals surface area (Å²) in [4.78, 5) is 22.3. The van der Waals surface area contributed by atoms with E-state index < -0.39 is 0 Å². The maximum absolute atomic E-state index is 12.7. The van der Waals surface area contributed by atoms with E-state index in [1.54, 1.807) is 0 Å². The van der Waals surface area contributed by atoms with E-state index in [4.69, 9.17) is 4.52 Å². The molecule has 7 heteroatoms. The lowest BCUT2D eigenvalue weighted by atomic mass is 10.2. The summed E-state index contributed by atoms with van der Waals surface area (Å²) in [6, 6.07) is 11.8. The predicted molar refractivity (Wildman–Crippen MR) is 105 cm³/mol. The number of nitrogens with zero attached hydrogens (tertiary/aromatic N) is 4. The van der Waals surface area contributed by atoms with Gasteiger partial charge < -0.3 is 9.42 Å². The van der Waals surface area contributed by atoms with Gasteiger partial charge in [-0.15, -0.1) is 11.3 Å². The van der Waals surface area contributed by atoms with Gasteiger partial charge in [0.2, 0.25) is 11.7 Å². The molecule has 3 heterocycles. The minimum Gasteiger partial charge on any atom is -0.337 e. The van der Waals surface area contributed by atoms with Gasteiger partial charge in [-0.1, -0.05) is 35.5 Å². The minimum atomic E-state index is 0.0238. The molecule has 4 rings (SSSR count). The van der Waals surface area contributed by atoms with Crippen molar-refractivity contribution in [3.05, 3.63) is 58.1 Å². The van der Waals surface area contributed by atoms with Crippen molar-refractivity contribution < 1.29 is 9.32 Å². The molecule has 3 aromatic rings. The number of carbonyl (C=O) groups is 1. The predicted octanol–water partition coefficient (Wildman–Crippen LogP) is 3.63. The molecule has 140 valence electrons. The van der Waals surface area contributed by atoms with Crippen LogP contribution in [0, 0.1) is 6.92 Å². The summed E-state index contributed by atoms with van der Waals surface area (Å²) in [7, 11) is 0. The molecule has 0 N–H and O–H groups in total. The first-order valence-corrected chi connectivity index (χ1v) is 9.98. The molecule has 0 radical (unpaired) electrons. The number of amides is 1. The molecule has 27 heavy (non-hydrogen) atoms. The Hall–Kier alpha value is -2.51. The normalized spacial score (nSPS) is 16.4. The van der Waals surface area contributed by atoms with Crippen molar-refractivity contribution in [3.8, 4) is 11.4 Å². The van der Waals surface area contributed by atoms with Crippen LogP contribution in [0.25, 0.3) is 11.4 Å². The Bertz CT molecular complexity index is 913. The number of aromatic nitrogens is 2. The van der Waals surface area contributed by atoms with Crippen molar-refractivity contribution >= 4 is 17.2 Å². The number of hydrogen-bond acceptors (Lipinski definition) is 6. The zero-order chi connectivity index (χ0) is 18.8. The van der Waals surface area contributed by atoms with Crippen molar-refractivity contribution in [3.63, 3.8) is 0 Å². The fourth-order valence-electron chi connectivity index (χ4n) is 3.31. The van der Waals surface area contributed by atoms with Gasteiger partial charge in [0.05, 0.1) is 10.9 Å². The van der Waals surface area contributed by atoms with Gasteiger partial charge in [-0.05, 0) is 30.9 Å². The van der Waals surface area contributed by atoms with Crippen LogP contribution in [0.15, 0.2) is 46.3 Å². The van der Waals surface area contributed by atoms with E-state index in [1.807, 2.05) is 53.6 Å². The lowest BCUT2D eigenvalue weighted by Gasteiger charge is -2.36. The lowest BCUT2D eigenvalue weighted by Crippen LogP contribution is -2.49. The smallest absolute Gasteiger partial charge is 0.264 e. The van der Waals surface area contributed by atoms with Crippen LogP contribution in [0.2, 0.25) is 0 Å². The molecule has 1 fully saturated rings. The zero-order valence-electron chi connectivity index (χ0n) is 15.5. The van der Waals surface area contributed by atoms with Crippen LogP contribution in [0.1, 0.15) is 34.1 Å². The molecule has 1 saturated heterocycles. The molecule has 0 saturated carbocycles. The molecule has 6 nitrogen and oxygen atoms in total. The van der Waals surface area contributed by atoms with E-state index in [1.165, 1.54) is 11.3 Å². The number of aryl methyl sites for hydroxylation is 1. The average molecular weight is 382 g/mol. The first-order valence-electron chi connectivity index (χ1n) is 9.10. The summed E-state index contributed by atoms with van der Waals surface area (Å²) in [6.07, 6.45) is 0. The topological polar surface area (TPSA) is 62.5 Å². The van der Waals surface area contributed by atoms with E-state index in [0.717, 1.165) is 29.1 Å². The van der Waals surface area contributed by atoms with Gasteiger partial charge in [0.1, 0.15) is 0 Å². The van der Waals surface area contributed by atoms with Crippen molar-refractivity contribution in [2.24, 2.45) is 0 Å². The fourth-order valence-corrected chi connectivity index (χ4v) is 4.21. The third-order valence-corrected chi connectivity index (χ3v) is 6.04. The van der Waals surface area contributed by atoms with Gasteiger partial charge in [-0.3, -0.25) is 9.69 Å². The standard InChI is InChI=1S/C20H22N4O2S/c1-14-8-13-27-17(14)20(25)24-11-9-23(10-12-24)15(2)19-21-18(22-26-19)16-6-4-3-5-7-16/h3-8,13,15H,9-12H2,1-2H3. The van der Waals surface area contributed by atoms with E-state index in [9.17, 15) is 4.79 Å². The van der Waals surface area contributed by atoms with Crippen LogP contribution in [0.3, 0.4) is 0 Å². The van der Waals surface area contributed by atoms with E-state index in [-0.39, 0.29) is 11.9 Å². The first kappa shape index (κ1) is 17.9. The highest BCUT2D eigenvalue weighted by Gasteiger charge is 2.28. The molecule has 1 aromatic carbocycles. The van der Waals surface area contributed by atoms with Crippen LogP contribution in [0.5, 0.6) is 0 Å². The first-order chi connectivity index (χ1) is 13.1. The highest BCUT2D eigenvalue weighted by Crippen LogP contribution is 2.24. The molecular formula is C20H22N4O2S. The van der Waals surface area contributed by atoms with E-state index in [2.05, 4.69) is 22.0 Å². The molecule has 1 unspecified atom stereocenters. The van der Waals surface area contributed by atoms with Gasteiger partial charge in [0, 0.05) is 31.7 Å². The molecule has 0 aliphatic carbocycles. The SMILES string of the molecule is Cc1ccsc1C(=O)N1CCN(C(C)c2nc(-c3ccccc3)no2)CC1. The van der Waals surface area contributed by atoms with Gasteiger partial charge in [-0.2, -0.15) is 4.98 Å². The molecule has 0 bridgehead atoms. The van der Waals surface area contributed by atoms with Gasteiger partial charge in [0.25, 0.3) is 5.91 Å². The van der Waals surface area contributed by atoms with Crippen LogP contribution < -0.4 is 0 Å². The zero-order valence-corrected chi connectivity index (χ0v) is 16.3. The summed E-state index contributed by atoms with van der Waals surface area (Å²) in [6.45, 7) is 7.06. The summed E-state index contributed by atoms with van der Waals surface area (Å²) in [5, 5.41) is 6.09. The fraction of sp³-hybridized carbons (Fsp3) is 0.350. The summed E-state index contributed by atoms with van der Waals surface area (Å²) in [5.41, 5.74) is 2.00. The molecule has 1 aliphatic rings. The van der Waals surface area contributed by atoms with Gasteiger partial charge in [-0.25, -0.2) is 0 Å². The van der Waals surface area contributed by atoms with E-state index >= 15 is 0 Å². The molecule has 2 aromatic heterocycles. The largest absolute Gasteiger partial charge is 0.337 e.